The zero-order valence-corrected chi connectivity index (χ0v) is 30.6. The topological polar surface area (TPSA) is 122 Å². The van der Waals surface area contributed by atoms with E-state index in [-0.39, 0.29) is 18.2 Å². The van der Waals surface area contributed by atoms with E-state index < -0.39 is 11.9 Å². The molecule has 1 unspecified atom stereocenters. The van der Waals surface area contributed by atoms with Crippen molar-refractivity contribution in [2.45, 2.75) is 65.1 Å². The lowest BCUT2D eigenvalue weighted by Gasteiger charge is -2.29. The Balaban J connectivity index is 0.928. The van der Waals surface area contributed by atoms with Crippen molar-refractivity contribution in [3.8, 4) is 28.7 Å². The van der Waals surface area contributed by atoms with Crippen LogP contribution in [0, 0.1) is 37.5 Å². The molecule has 2 aromatic carbocycles. The number of aliphatic imine (C=N–C) groups is 1. The number of nitrogens with zero attached hydrogens (tertiary/aromatic N) is 6. The summed E-state index contributed by atoms with van der Waals surface area (Å²) in [6.45, 7) is 4.77. The minimum atomic E-state index is -0.648. The van der Waals surface area contributed by atoms with Gasteiger partial charge in [0.1, 0.15) is 23.4 Å². The van der Waals surface area contributed by atoms with Crippen molar-refractivity contribution in [1.82, 2.24) is 30.0 Å². The number of rotatable bonds is 5. The number of hydrogen-bond donors (Lipinski definition) is 1. The first-order valence-electron chi connectivity index (χ1n) is 17.3. The number of thiophene rings is 1. The van der Waals surface area contributed by atoms with Crippen LogP contribution in [0.1, 0.15) is 91.6 Å². The molecule has 0 aliphatic carbocycles. The molecular weight excluding hydrogens is 706 g/mol. The molecule has 1 saturated heterocycles. The Labute approximate surface area is 315 Å². The number of carbonyl (C=O) groups is 3. The molecule has 0 radical (unpaired) electrons. The van der Waals surface area contributed by atoms with Crippen LogP contribution in [-0.4, -0.2) is 54.1 Å². The Hall–Kier alpha value is -5.88. The highest BCUT2D eigenvalue weighted by Crippen LogP contribution is 2.37. The lowest BCUT2D eigenvalue weighted by molar-refractivity contribution is -0.136. The maximum absolute atomic E-state index is 13.1. The number of hydrogen-bond acceptors (Lipinski definition) is 8. The standard InChI is InChI=1S/C41H32ClN7O3S/c1-24-34(53-41-37(24)38(28-13-15-29(42)16-14-28)44-22-35-47-46-25(2)49(35)41)19-12-26-11-17-30(43-21-26)9-5-3-4-7-27-8-6-10-31-32(27)23-48(40(31)52)33-18-20-36(50)45-39(33)51/h6,8,10-11,13-17,21,33H,3,5,9,18,20,22-23H2,1-2H3,(H,45,50,51). The van der Waals surface area contributed by atoms with Gasteiger partial charge in [0.15, 0.2) is 5.82 Å². The summed E-state index contributed by atoms with van der Waals surface area (Å²) in [7, 11) is 0. The number of fused-ring (bicyclic) bond motifs is 4. The van der Waals surface area contributed by atoms with Gasteiger partial charge >= 0.3 is 0 Å². The lowest BCUT2D eigenvalue weighted by atomic mass is 10.00. The second-order valence-corrected chi connectivity index (χ2v) is 14.5. The summed E-state index contributed by atoms with van der Waals surface area (Å²) in [6.07, 6.45) is 4.61. The monoisotopic (exact) mass is 737 g/mol. The van der Waals surface area contributed by atoms with Gasteiger partial charge in [-0.25, -0.2) is 0 Å². The highest BCUT2D eigenvalue weighted by Gasteiger charge is 2.39. The highest BCUT2D eigenvalue weighted by atomic mass is 35.5. The summed E-state index contributed by atoms with van der Waals surface area (Å²) < 4.78 is 2.08. The number of aryl methyl sites for hydroxylation is 2. The molecule has 6 heterocycles. The molecule has 3 aromatic heterocycles. The van der Waals surface area contributed by atoms with E-state index in [1.54, 1.807) is 22.3 Å². The normalized spacial score (nSPS) is 16.0. The van der Waals surface area contributed by atoms with E-state index in [1.165, 1.54) is 0 Å². The lowest BCUT2D eigenvalue weighted by Crippen LogP contribution is -2.52. The first kappa shape index (κ1) is 34.2. The summed E-state index contributed by atoms with van der Waals surface area (Å²) in [5, 5.41) is 12.7. The SMILES string of the molecule is Cc1c(C#Cc2ccc(CCCC#Cc3cccc4c3CN(C3CCC(=O)NC3=O)C4=O)nc2)sc2c1C(c1ccc(Cl)cc1)=NCc1nnc(C)n1-2. The number of amides is 3. The minimum Gasteiger partial charge on any atom is -0.322 e. The molecule has 5 aromatic rings. The van der Waals surface area contributed by atoms with Crippen molar-refractivity contribution in [2.24, 2.45) is 4.99 Å². The van der Waals surface area contributed by atoms with Crippen molar-refractivity contribution in [1.29, 1.82) is 0 Å². The molecule has 8 rings (SSSR count). The summed E-state index contributed by atoms with van der Waals surface area (Å²) in [6, 6.07) is 16.6. The third-order valence-electron chi connectivity index (χ3n) is 9.64. The summed E-state index contributed by atoms with van der Waals surface area (Å²) in [5.74, 6) is 13.9. The highest BCUT2D eigenvalue weighted by molar-refractivity contribution is 7.15. The van der Waals surface area contributed by atoms with Gasteiger partial charge in [-0.3, -0.25) is 34.2 Å². The van der Waals surface area contributed by atoms with Gasteiger partial charge in [0.05, 0.1) is 10.6 Å². The second-order valence-electron chi connectivity index (χ2n) is 13.1. The first-order valence-corrected chi connectivity index (χ1v) is 18.5. The molecule has 53 heavy (non-hydrogen) atoms. The fourth-order valence-corrected chi connectivity index (χ4v) is 8.25. The van der Waals surface area contributed by atoms with Crippen molar-refractivity contribution in [2.75, 3.05) is 0 Å². The van der Waals surface area contributed by atoms with Crippen LogP contribution >= 0.6 is 22.9 Å². The number of aromatic nitrogens is 4. The van der Waals surface area contributed by atoms with Crippen LogP contribution in [0.5, 0.6) is 0 Å². The van der Waals surface area contributed by atoms with E-state index in [4.69, 9.17) is 16.6 Å². The van der Waals surface area contributed by atoms with Crippen molar-refractivity contribution >= 4 is 46.4 Å². The van der Waals surface area contributed by atoms with Gasteiger partial charge in [-0.1, -0.05) is 53.5 Å². The van der Waals surface area contributed by atoms with Gasteiger partial charge < -0.3 is 4.90 Å². The Morgan fingerprint density at radius 3 is 2.64 bits per heavy atom. The largest absolute Gasteiger partial charge is 0.322 e. The molecule has 262 valence electrons. The average Bonchev–Trinajstić information content (AvgIpc) is 3.76. The average molecular weight is 738 g/mol. The number of piperidine rings is 1. The van der Waals surface area contributed by atoms with Crippen LogP contribution in [0.4, 0.5) is 0 Å². The van der Waals surface area contributed by atoms with E-state index >= 15 is 0 Å². The molecule has 3 aliphatic heterocycles. The van der Waals surface area contributed by atoms with Crippen LogP contribution in [0.25, 0.3) is 5.00 Å². The molecule has 1 atom stereocenters. The predicted octanol–water partition coefficient (Wildman–Crippen LogP) is 5.88. The van der Waals surface area contributed by atoms with Crippen molar-refractivity contribution < 1.29 is 14.4 Å². The number of halogens is 1. The van der Waals surface area contributed by atoms with E-state index in [0.29, 0.717) is 36.5 Å². The number of carbonyl (C=O) groups excluding carboxylic acids is 3. The Morgan fingerprint density at radius 1 is 1.00 bits per heavy atom. The quantitative estimate of drug-likeness (QED) is 0.137. The van der Waals surface area contributed by atoms with Gasteiger partial charge in [-0.05, 0) is 80.6 Å². The molecule has 1 N–H and O–H groups in total. The molecule has 3 aliphatic rings. The molecule has 12 heteroatoms. The van der Waals surface area contributed by atoms with Gasteiger partial charge in [0, 0.05) is 64.1 Å². The van der Waals surface area contributed by atoms with Crippen molar-refractivity contribution in [3.63, 3.8) is 0 Å². The summed E-state index contributed by atoms with van der Waals surface area (Å²) in [5.41, 5.74) is 7.91. The van der Waals surface area contributed by atoms with E-state index in [1.807, 2.05) is 61.7 Å². The summed E-state index contributed by atoms with van der Waals surface area (Å²) >= 11 is 7.81. The number of benzene rings is 2. The molecule has 0 spiro atoms. The molecule has 3 amide bonds. The molecule has 0 saturated carbocycles. The Morgan fingerprint density at radius 2 is 1.85 bits per heavy atom. The van der Waals surface area contributed by atoms with E-state index in [0.717, 1.165) is 79.2 Å². The van der Waals surface area contributed by atoms with Gasteiger partial charge in [-0.15, -0.1) is 21.5 Å². The molecule has 1 fully saturated rings. The van der Waals surface area contributed by atoms with Crippen LogP contribution in [-0.2, 0) is 29.1 Å². The third-order valence-corrected chi connectivity index (χ3v) is 11.1. The first-order chi connectivity index (χ1) is 25.7. The van der Waals surface area contributed by atoms with Crippen LogP contribution in [0.15, 0.2) is 65.8 Å². The minimum absolute atomic E-state index is 0.198. The number of nitrogens with one attached hydrogen (secondary N) is 1. The van der Waals surface area contributed by atoms with E-state index in [2.05, 4.69) is 55.7 Å². The second kappa shape index (κ2) is 14.3. The van der Waals surface area contributed by atoms with E-state index in [9.17, 15) is 14.4 Å². The zero-order chi connectivity index (χ0) is 36.6. The fraction of sp³-hybridized carbons (Fsp3) is 0.244. The van der Waals surface area contributed by atoms with Crippen LogP contribution in [0.3, 0.4) is 0 Å². The zero-order valence-electron chi connectivity index (χ0n) is 29.0. The number of imide groups is 1. The van der Waals surface area contributed by atoms with Crippen LogP contribution < -0.4 is 5.32 Å². The molecule has 0 bridgehead atoms. The maximum atomic E-state index is 13.1. The third kappa shape index (κ3) is 6.66. The Bertz CT molecular complexity index is 2480. The van der Waals surface area contributed by atoms with Gasteiger partial charge in [0.2, 0.25) is 11.8 Å². The number of unbranched alkanes of at least 4 members (excludes halogenated alkanes) is 1. The Kier molecular flexibility index (Phi) is 9.21. The smallest absolute Gasteiger partial charge is 0.255 e. The van der Waals surface area contributed by atoms with Crippen LogP contribution in [0.2, 0.25) is 5.02 Å². The van der Waals surface area contributed by atoms with Gasteiger partial charge in [0.25, 0.3) is 5.91 Å². The summed E-state index contributed by atoms with van der Waals surface area (Å²) in [4.78, 5) is 49.3. The maximum Gasteiger partial charge on any atom is 0.255 e. The molecule has 10 nitrogen and oxygen atoms in total. The number of pyridine rings is 1. The van der Waals surface area contributed by atoms with Gasteiger partial charge in [-0.2, -0.15) is 0 Å². The van der Waals surface area contributed by atoms with Crippen molar-refractivity contribution in [3.05, 3.63) is 127 Å². The molecular formula is C41H32ClN7O3S. The predicted molar refractivity (Wildman–Crippen MR) is 202 cm³/mol. The fourth-order valence-electron chi connectivity index (χ4n) is 6.89.